The van der Waals surface area contributed by atoms with E-state index in [-0.39, 0.29) is 10.8 Å². The van der Waals surface area contributed by atoms with E-state index in [9.17, 15) is 13.2 Å². The van der Waals surface area contributed by atoms with Crippen LogP contribution in [0.1, 0.15) is 32.1 Å². The fourth-order valence-electron chi connectivity index (χ4n) is 4.22. The van der Waals surface area contributed by atoms with E-state index in [1.54, 1.807) is 18.2 Å². The maximum atomic E-state index is 12.3. The van der Waals surface area contributed by atoms with Crippen LogP contribution in [-0.2, 0) is 14.6 Å². The first-order valence-electron chi connectivity index (χ1n) is 8.29. The number of sulfone groups is 1. The second kappa shape index (κ2) is 5.81. The summed E-state index contributed by atoms with van der Waals surface area (Å²) in [4.78, 5) is 17.0. The van der Waals surface area contributed by atoms with Crippen molar-refractivity contribution < 1.29 is 13.2 Å². The standard InChI is InChI=1S/C17H20N2O3S2/c1-24(21,22)13-4-5-14-15(9-13)23-17(18-14)19-16(20)8-12-7-10-2-3-11(12)6-10/h4-5,9-12H,2-3,6-8H2,1H3,(H,18,19,20)/t10-,11-,12+/m1/s1. The monoisotopic (exact) mass is 364 g/mol. The molecular weight excluding hydrogens is 344 g/mol. The summed E-state index contributed by atoms with van der Waals surface area (Å²) in [6.07, 6.45) is 6.86. The van der Waals surface area contributed by atoms with Crippen LogP contribution in [0, 0.1) is 17.8 Å². The summed E-state index contributed by atoms with van der Waals surface area (Å²) in [6, 6.07) is 4.86. The zero-order valence-electron chi connectivity index (χ0n) is 13.5. The van der Waals surface area contributed by atoms with Crippen molar-refractivity contribution >= 4 is 42.4 Å². The summed E-state index contributed by atoms with van der Waals surface area (Å²) in [7, 11) is -3.24. The molecule has 5 nitrogen and oxygen atoms in total. The molecule has 24 heavy (non-hydrogen) atoms. The minimum atomic E-state index is -3.24. The van der Waals surface area contributed by atoms with Crippen molar-refractivity contribution in [2.45, 2.75) is 37.0 Å². The molecule has 128 valence electrons. The van der Waals surface area contributed by atoms with E-state index in [4.69, 9.17) is 0 Å². The van der Waals surface area contributed by atoms with Crippen LogP contribution < -0.4 is 5.32 Å². The highest BCUT2D eigenvalue weighted by atomic mass is 32.2. The highest BCUT2D eigenvalue weighted by Crippen LogP contribution is 2.49. The second-order valence-corrected chi connectivity index (χ2v) is 10.2. The van der Waals surface area contributed by atoms with Gasteiger partial charge in [-0.05, 0) is 55.2 Å². The summed E-state index contributed by atoms with van der Waals surface area (Å²) in [5.41, 5.74) is 0.711. The van der Waals surface area contributed by atoms with Crippen molar-refractivity contribution in [2.75, 3.05) is 11.6 Å². The third kappa shape index (κ3) is 3.07. The molecule has 1 heterocycles. The third-order valence-corrected chi connectivity index (χ3v) is 7.41. The van der Waals surface area contributed by atoms with Gasteiger partial charge in [0.2, 0.25) is 5.91 Å². The predicted molar refractivity (Wildman–Crippen MR) is 94.9 cm³/mol. The molecule has 7 heteroatoms. The Bertz CT molecular complexity index is 904. The summed E-state index contributed by atoms with van der Waals surface area (Å²) < 4.78 is 24.0. The maximum absolute atomic E-state index is 12.3. The van der Waals surface area contributed by atoms with E-state index < -0.39 is 9.84 Å². The van der Waals surface area contributed by atoms with Crippen LogP contribution in [0.15, 0.2) is 23.1 Å². The molecule has 0 saturated heterocycles. The minimum Gasteiger partial charge on any atom is -0.302 e. The molecule has 1 aromatic carbocycles. The first kappa shape index (κ1) is 16.0. The molecule has 0 unspecified atom stereocenters. The number of carbonyl (C=O) groups excluding carboxylic acids is 1. The van der Waals surface area contributed by atoms with Crippen LogP contribution in [0.5, 0.6) is 0 Å². The van der Waals surface area contributed by atoms with E-state index in [0.717, 1.165) is 16.5 Å². The molecular formula is C17H20N2O3S2. The van der Waals surface area contributed by atoms with Gasteiger partial charge in [0, 0.05) is 12.7 Å². The van der Waals surface area contributed by atoms with Gasteiger partial charge in [-0.1, -0.05) is 17.8 Å². The molecule has 0 spiro atoms. The number of nitrogens with zero attached hydrogens (tertiary/aromatic N) is 1. The van der Waals surface area contributed by atoms with Gasteiger partial charge < -0.3 is 5.32 Å². The number of benzene rings is 1. The lowest BCUT2D eigenvalue weighted by molar-refractivity contribution is -0.117. The number of rotatable bonds is 4. The van der Waals surface area contributed by atoms with Gasteiger partial charge in [0.15, 0.2) is 15.0 Å². The van der Waals surface area contributed by atoms with Crippen LogP contribution >= 0.6 is 11.3 Å². The summed E-state index contributed by atoms with van der Waals surface area (Å²) in [6.45, 7) is 0. The van der Waals surface area contributed by atoms with Gasteiger partial charge in [0.25, 0.3) is 0 Å². The van der Waals surface area contributed by atoms with Gasteiger partial charge in [0.05, 0.1) is 15.1 Å². The van der Waals surface area contributed by atoms with Crippen molar-refractivity contribution in [3.63, 3.8) is 0 Å². The largest absolute Gasteiger partial charge is 0.302 e. The lowest BCUT2D eigenvalue weighted by atomic mass is 9.86. The number of nitrogens with one attached hydrogen (secondary N) is 1. The van der Waals surface area contributed by atoms with Gasteiger partial charge in [-0.2, -0.15) is 0 Å². The number of amides is 1. The Morgan fingerprint density at radius 2 is 2.17 bits per heavy atom. The van der Waals surface area contributed by atoms with Gasteiger partial charge in [-0.25, -0.2) is 13.4 Å². The van der Waals surface area contributed by atoms with E-state index in [1.807, 2.05) is 0 Å². The van der Waals surface area contributed by atoms with Crippen LogP contribution in [0.3, 0.4) is 0 Å². The molecule has 1 amide bonds. The van der Waals surface area contributed by atoms with Crippen LogP contribution in [0.2, 0.25) is 0 Å². The molecule has 2 bridgehead atoms. The van der Waals surface area contributed by atoms with E-state index >= 15 is 0 Å². The second-order valence-electron chi connectivity index (χ2n) is 7.11. The number of aromatic nitrogens is 1. The molecule has 1 aromatic heterocycles. The first-order valence-corrected chi connectivity index (χ1v) is 11.0. The maximum Gasteiger partial charge on any atom is 0.226 e. The summed E-state index contributed by atoms with van der Waals surface area (Å²) in [5.74, 6) is 2.11. The Kier molecular flexibility index (Phi) is 3.88. The van der Waals surface area contributed by atoms with Crippen LogP contribution in [0.25, 0.3) is 10.2 Å². The number of thiazole rings is 1. The fraction of sp³-hybridized carbons (Fsp3) is 0.529. The van der Waals surface area contributed by atoms with Gasteiger partial charge in [-0.15, -0.1) is 0 Å². The van der Waals surface area contributed by atoms with Crippen LogP contribution in [0.4, 0.5) is 5.13 Å². The van der Waals surface area contributed by atoms with Crippen molar-refractivity contribution in [1.29, 1.82) is 0 Å². The summed E-state index contributed by atoms with van der Waals surface area (Å²) in [5, 5.41) is 3.44. The average Bonchev–Trinajstić information content (AvgIpc) is 3.18. The zero-order chi connectivity index (χ0) is 16.9. The third-order valence-electron chi connectivity index (χ3n) is 5.37. The molecule has 4 rings (SSSR count). The van der Waals surface area contributed by atoms with Crippen molar-refractivity contribution in [2.24, 2.45) is 17.8 Å². The molecule has 0 radical (unpaired) electrons. The molecule has 3 atom stereocenters. The van der Waals surface area contributed by atoms with Crippen LogP contribution in [-0.4, -0.2) is 25.6 Å². The van der Waals surface area contributed by atoms with Gasteiger partial charge >= 0.3 is 0 Å². The molecule has 0 aliphatic heterocycles. The van der Waals surface area contributed by atoms with E-state index in [0.29, 0.717) is 23.0 Å². The topological polar surface area (TPSA) is 76.1 Å². The number of anilines is 1. The highest BCUT2D eigenvalue weighted by molar-refractivity contribution is 7.90. The predicted octanol–water partition coefficient (Wildman–Crippen LogP) is 3.46. The quantitative estimate of drug-likeness (QED) is 0.901. The SMILES string of the molecule is CS(=O)(=O)c1ccc2nc(NC(=O)C[C@@H]3C[C@@H]4CC[C@@H]3C4)sc2c1. The Balaban J connectivity index is 1.47. The molecule has 1 N–H and O–H groups in total. The number of hydrogen-bond acceptors (Lipinski definition) is 5. The zero-order valence-corrected chi connectivity index (χ0v) is 15.1. The van der Waals surface area contributed by atoms with Crippen molar-refractivity contribution in [3.8, 4) is 0 Å². The minimum absolute atomic E-state index is 0.0231. The highest BCUT2D eigenvalue weighted by Gasteiger charge is 2.40. The van der Waals surface area contributed by atoms with Gasteiger partial charge in [-0.3, -0.25) is 4.79 Å². The Labute approximate surface area is 145 Å². The molecule has 2 saturated carbocycles. The average molecular weight is 364 g/mol. The summed E-state index contributed by atoms with van der Waals surface area (Å²) >= 11 is 1.32. The number of carbonyl (C=O) groups is 1. The Hall–Kier alpha value is -1.47. The Morgan fingerprint density at radius 3 is 2.83 bits per heavy atom. The Morgan fingerprint density at radius 1 is 1.33 bits per heavy atom. The fourth-order valence-corrected chi connectivity index (χ4v) is 5.87. The first-order chi connectivity index (χ1) is 11.4. The normalized spacial score (nSPS) is 26.1. The number of fused-ring (bicyclic) bond motifs is 3. The smallest absolute Gasteiger partial charge is 0.226 e. The van der Waals surface area contributed by atoms with E-state index in [2.05, 4.69) is 10.3 Å². The van der Waals surface area contributed by atoms with Crippen molar-refractivity contribution in [1.82, 2.24) is 4.98 Å². The molecule has 2 aliphatic carbocycles. The van der Waals surface area contributed by atoms with Crippen molar-refractivity contribution in [3.05, 3.63) is 18.2 Å². The lowest BCUT2D eigenvalue weighted by Crippen LogP contribution is -2.20. The molecule has 2 fully saturated rings. The van der Waals surface area contributed by atoms with Gasteiger partial charge in [0.1, 0.15) is 0 Å². The number of hydrogen-bond donors (Lipinski definition) is 1. The molecule has 2 aromatic rings. The van der Waals surface area contributed by atoms with E-state index in [1.165, 1.54) is 43.3 Å². The molecule has 2 aliphatic rings. The lowest BCUT2D eigenvalue weighted by Gasteiger charge is -2.20.